The van der Waals surface area contributed by atoms with E-state index < -0.39 is 0 Å². The fourth-order valence-corrected chi connectivity index (χ4v) is 3.10. The Morgan fingerprint density at radius 1 is 1.56 bits per heavy atom. The topological polar surface area (TPSA) is 50.2 Å². The molecule has 2 rings (SSSR count). The highest BCUT2D eigenvalue weighted by atomic mass is 35.5. The summed E-state index contributed by atoms with van der Waals surface area (Å²) in [5.41, 5.74) is 0.324. The SMILES string of the molecule is Cn1ncc(Cl)c1C(=O)NC(=S)N1CCSCC1. The van der Waals surface area contributed by atoms with E-state index in [-0.39, 0.29) is 5.91 Å². The molecule has 8 heteroatoms. The first-order valence-corrected chi connectivity index (χ1v) is 7.39. The summed E-state index contributed by atoms with van der Waals surface area (Å²) in [6.07, 6.45) is 1.44. The van der Waals surface area contributed by atoms with Crippen molar-refractivity contribution < 1.29 is 4.79 Å². The van der Waals surface area contributed by atoms with Crippen LogP contribution in [0, 0.1) is 0 Å². The Morgan fingerprint density at radius 3 is 2.78 bits per heavy atom. The van der Waals surface area contributed by atoms with E-state index in [9.17, 15) is 4.79 Å². The van der Waals surface area contributed by atoms with Crippen molar-refractivity contribution in [2.24, 2.45) is 7.05 Å². The molecule has 0 radical (unpaired) electrons. The standard InChI is InChI=1S/C10H13ClN4OS2/c1-14-8(7(11)6-12-14)9(16)13-10(17)15-2-4-18-5-3-15/h6H,2-5H2,1H3,(H,13,16,17). The van der Waals surface area contributed by atoms with Gasteiger partial charge in [0.2, 0.25) is 0 Å². The minimum absolute atomic E-state index is 0.316. The maximum atomic E-state index is 12.0. The van der Waals surface area contributed by atoms with Crippen LogP contribution in [0.1, 0.15) is 10.5 Å². The summed E-state index contributed by atoms with van der Waals surface area (Å²) in [4.78, 5) is 14.0. The Balaban J connectivity index is 2.01. The average molecular weight is 305 g/mol. The molecule has 2 heterocycles. The molecular formula is C10H13ClN4OS2. The number of rotatable bonds is 1. The van der Waals surface area contributed by atoms with Crippen molar-refractivity contribution in [1.82, 2.24) is 20.0 Å². The molecule has 0 aromatic carbocycles. The van der Waals surface area contributed by atoms with Gasteiger partial charge in [0.25, 0.3) is 5.91 Å². The Hall–Kier alpha value is -0.790. The van der Waals surface area contributed by atoms with Gasteiger partial charge in [-0.2, -0.15) is 16.9 Å². The minimum atomic E-state index is -0.316. The molecule has 0 bridgehead atoms. The van der Waals surface area contributed by atoms with Gasteiger partial charge < -0.3 is 4.90 Å². The third-order valence-corrected chi connectivity index (χ3v) is 4.21. The number of aryl methyl sites for hydroxylation is 1. The van der Waals surface area contributed by atoms with E-state index in [2.05, 4.69) is 10.4 Å². The molecule has 1 saturated heterocycles. The molecule has 5 nitrogen and oxygen atoms in total. The Bertz CT molecular complexity index is 451. The molecule has 0 saturated carbocycles. The molecular weight excluding hydrogens is 292 g/mol. The van der Waals surface area contributed by atoms with E-state index in [1.807, 2.05) is 16.7 Å². The van der Waals surface area contributed by atoms with Gasteiger partial charge in [0.05, 0.1) is 11.2 Å². The maximum Gasteiger partial charge on any atom is 0.277 e. The molecule has 1 aromatic rings. The van der Waals surface area contributed by atoms with E-state index in [0.717, 1.165) is 24.6 Å². The monoisotopic (exact) mass is 304 g/mol. The highest BCUT2D eigenvalue weighted by Gasteiger charge is 2.20. The lowest BCUT2D eigenvalue weighted by atomic mass is 10.4. The number of thioether (sulfide) groups is 1. The second kappa shape index (κ2) is 5.90. The first kappa shape index (κ1) is 13.6. The molecule has 1 amide bonds. The van der Waals surface area contributed by atoms with Crippen LogP contribution in [0.2, 0.25) is 5.02 Å². The first-order valence-electron chi connectivity index (χ1n) is 5.45. The van der Waals surface area contributed by atoms with Gasteiger partial charge >= 0.3 is 0 Å². The molecule has 0 spiro atoms. The lowest BCUT2D eigenvalue weighted by Gasteiger charge is -2.28. The van der Waals surface area contributed by atoms with Crippen LogP contribution in [0.4, 0.5) is 0 Å². The number of nitrogens with one attached hydrogen (secondary N) is 1. The molecule has 0 atom stereocenters. The van der Waals surface area contributed by atoms with Crippen LogP contribution in [0.15, 0.2) is 6.20 Å². The third-order valence-electron chi connectivity index (χ3n) is 2.63. The fraction of sp³-hybridized carbons (Fsp3) is 0.500. The van der Waals surface area contributed by atoms with E-state index in [4.69, 9.17) is 23.8 Å². The summed E-state index contributed by atoms with van der Waals surface area (Å²) in [6.45, 7) is 1.73. The van der Waals surface area contributed by atoms with E-state index in [1.165, 1.54) is 10.9 Å². The molecule has 0 unspecified atom stereocenters. The third kappa shape index (κ3) is 2.96. The van der Waals surface area contributed by atoms with Crippen molar-refractivity contribution in [1.29, 1.82) is 0 Å². The normalized spacial score (nSPS) is 15.6. The zero-order chi connectivity index (χ0) is 13.1. The van der Waals surface area contributed by atoms with Gasteiger partial charge in [0, 0.05) is 31.6 Å². The molecule has 1 aromatic heterocycles. The number of hydrogen-bond acceptors (Lipinski definition) is 4. The first-order chi connectivity index (χ1) is 8.59. The van der Waals surface area contributed by atoms with Crippen molar-refractivity contribution in [3.8, 4) is 0 Å². The molecule has 1 N–H and O–H groups in total. The predicted molar refractivity (Wildman–Crippen MR) is 77.2 cm³/mol. The smallest absolute Gasteiger partial charge is 0.277 e. The molecule has 18 heavy (non-hydrogen) atoms. The molecule has 0 aliphatic carbocycles. The van der Waals surface area contributed by atoms with Gasteiger partial charge in [-0.15, -0.1) is 0 Å². The zero-order valence-corrected chi connectivity index (χ0v) is 12.2. The van der Waals surface area contributed by atoms with Crippen LogP contribution in [-0.4, -0.2) is 50.3 Å². The van der Waals surface area contributed by atoms with Crippen LogP contribution in [0.3, 0.4) is 0 Å². The van der Waals surface area contributed by atoms with Crippen molar-refractivity contribution in [2.45, 2.75) is 0 Å². The van der Waals surface area contributed by atoms with Gasteiger partial charge in [0.15, 0.2) is 5.11 Å². The summed E-state index contributed by atoms with van der Waals surface area (Å²) >= 11 is 13.0. The number of thiocarbonyl (C=S) groups is 1. The largest absolute Gasteiger partial charge is 0.347 e. The highest BCUT2D eigenvalue weighted by Crippen LogP contribution is 2.14. The summed E-state index contributed by atoms with van der Waals surface area (Å²) in [5.74, 6) is 1.74. The van der Waals surface area contributed by atoms with E-state index in [0.29, 0.717) is 15.8 Å². The van der Waals surface area contributed by atoms with Crippen LogP contribution in [0.25, 0.3) is 0 Å². The maximum absolute atomic E-state index is 12.0. The molecule has 1 aliphatic rings. The number of aromatic nitrogens is 2. The molecule has 98 valence electrons. The second-order valence-electron chi connectivity index (χ2n) is 3.82. The number of hydrogen-bond donors (Lipinski definition) is 1. The van der Waals surface area contributed by atoms with Crippen LogP contribution in [-0.2, 0) is 7.05 Å². The molecule has 1 fully saturated rings. The average Bonchev–Trinajstić information content (AvgIpc) is 2.70. The van der Waals surface area contributed by atoms with E-state index in [1.54, 1.807) is 7.05 Å². The summed E-state index contributed by atoms with van der Waals surface area (Å²) < 4.78 is 1.44. The number of amides is 1. The van der Waals surface area contributed by atoms with Gasteiger partial charge in [-0.05, 0) is 12.2 Å². The van der Waals surface area contributed by atoms with Gasteiger partial charge in [-0.25, -0.2) is 0 Å². The Morgan fingerprint density at radius 2 is 2.22 bits per heavy atom. The van der Waals surface area contributed by atoms with Gasteiger partial charge in [-0.3, -0.25) is 14.8 Å². The fourth-order valence-electron chi connectivity index (χ4n) is 1.67. The van der Waals surface area contributed by atoms with Crippen molar-refractivity contribution in [2.75, 3.05) is 24.6 Å². The van der Waals surface area contributed by atoms with Crippen LogP contribution in [0.5, 0.6) is 0 Å². The summed E-state index contributed by atoms with van der Waals surface area (Å²) in [6, 6.07) is 0. The summed E-state index contributed by atoms with van der Waals surface area (Å²) in [5, 5.41) is 7.40. The number of carbonyl (C=O) groups is 1. The summed E-state index contributed by atoms with van der Waals surface area (Å²) in [7, 11) is 1.67. The van der Waals surface area contributed by atoms with Crippen LogP contribution >= 0.6 is 35.6 Å². The molecule has 1 aliphatic heterocycles. The zero-order valence-electron chi connectivity index (χ0n) is 9.85. The van der Waals surface area contributed by atoms with E-state index >= 15 is 0 Å². The predicted octanol–water partition coefficient (Wildman–Crippen LogP) is 1.14. The Kier molecular flexibility index (Phi) is 4.47. The van der Waals surface area contributed by atoms with Crippen molar-refractivity contribution >= 4 is 46.6 Å². The van der Waals surface area contributed by atoms with Crippen molar-refractivity contribution in [3.05, 3.63) is 16.9 Å². The lowest BCUT2D eigenvalue weighted by molar-refractivity contribution is 0.0964. The Labute approximate surface area is 120 Å². The quantitative estimate of drug-likeness (QED) is 0.789. The van der Waals surface area contributed by atoms with Gasteiger partial charge in [0.1, 0.15) is 5.69 Å². The highest BCUT2D eigenvalue weighted by molar-refractivity contribution is 7.99. The number of halogens is 1. The second-order valence-corrected chi connectivity index (χ2v) is 5.84. The number of nitrogens with zero attached hydrogens (tertiary/aromatic N) is 3. The van der Waals surface area contributed by atoms with Crippen molar-refractivity contribution in [3.63, 3.8) is 0 Å². The van der Waals surface area contributed by atoms with Gasteiger partial charge in [-0.1, -0.05) is 11.6 Å². The lowest BCUT2D eigenvalue weighted by Crippen LogP contribution is -2.46. The number of carbonyl (C=O) groups excluding carboxylic acids is 1. The van der Waals surface area contributed by atoms with Crippen LogP contribution < -0.4 is 5.32 Å². The minimum Gasteiger partial charge on any atom is -0.347 e.